The van der Waals surface area contributed by atoms with Gasteiger partial charge in [-0.15, -0.1) is 0 Å². The van der Waals surface area contributed by atoms with E-state index in [2.05, 4.69) is 41.5 Å². The minimum Gasteiger partial charge on any atom is -0.299 e. The van der Waals surface area contributed by atoms with E-state index in [4.69, 9.17) is 0 Å². The number of hydrogen-bond acceptors (Lipinski definition) is 2. The highest BCUT2D eigenvalue weighted by Gasteiger charge is 2.70. The van der Waals surface area contributed by atoms with Crippen molar-refractivity contribution in [1.29, 1.82) is 0 Å². The normalized spacial score (nSPS) is 54.1. The quantitative estimate of drug-likeness (QED) is 0.444. The lowest BCUT2D eigenvalue weighted by molar-refractivity contribution is -0.228. The third-order valence-electron chi connectivity index (χ3n) is 11.7. The summed E-state index contributed by atoms with van der Waals surface area (Å²) in [5.41, 5.74) is 0.305. The molecule has 0 bridgehead atoms. The molecule has 0 N–H and O–H groups in total. The SMILES string of the molecule is CC(=O)[C@@]1(C)CC[C@H]2[C@@](C)(CC[C@@]3(C)[C@@H]4CC(C)(C)CC[C@]4(C)CC[C@]23C)C1=O. The first kappa shape index (κ1) is 21.6. The number of rotatable bonds is 1. The van der Waals surface area contributed by atoms with Gasteiger partial charge in [-0.25, -0.2) is 0 Å². The van der Waals surface area contributed by atoms with Gasteiger partial charge in [0.2, 0.25) is 0 Å². The van der Waals surface area contributed by atoms with Crippen LogP contribution in [-0.2, 0) is 9.59 Å². The van der Waals surface area contributed by atoms with Gasteiger partial charge in [-0.3, -0.25) is 9.59 Å². The fourth-order valence-corrected chi connectivity index (χ4v) is 9.07. The monoisotopic (exact) mass is 400 g/mol. The Kier molecular flexibility index (Phi) is 4.44. The van der Waals surface area contributed by atoms with E-state index in [-0.39, 0.29) is 22.4 Å². The van der Waals surface area contributed by atoms with Crippen LogP contribution in [0.4, 0.5) is 0 Å². The van der Waals surface area contributed by atoms with E-state index in [0.29, 0.717) is 22.2 Å². The highest BCUT2D eigenvalue weighted by atomic mass is 16.2. The van der Waals surface area contributed by atoms with Gasteiger partial charge < -0.3 is 0 Å². The lowest BCUT2D eigenvalue weighted by Gasteiger charge is -2.72. The Hall–Kier alpha value is -0.660. The molecule has 4 fully saturated rings. The Morgan fingerprint density at radius 2 is 1.31 bits per heavy atom. The van der Waals surface area contributed by atoms with Gasteiger partial charge in [0.05, 0.1) is 5.41 Å². The summed E-state index contributed by atoms with van der Waals surface area (Å²) in [7, 11) is 0. The second-order valence-electron chi connectivity index (χ2n) is 13.6. The van der Waals surface area contributed by atoms with Gasteiger partial charge in [-0.2, -0.15) is 0 Å². The van der Waals surface area contributed by atoms with Gasteiger partial charge in [0.25, 0.3) is 0 Å². The molecule has 4 aliphatic rings. The first-order chi connectivity index (χ1) is 13.1. The number of carbonyl (C=O) groups is 2. The minimum atomic E-state index is -0.759. The van der Waals surface area contributed by atoms with Crippen LogP contribution < -0.4 is 0 Å². The van der Waals surface area contributed by atoms with Crippen molar-refractivity contribution in [2.45, 2.75) is 113 Å². The molecule has 4 rings (SSSR count). The van der Waals surface area contributed by atoms with Crippen molar-refractivity contribution in [3.63, 3.8) is 0 Å². The zero-order valence-electron chi connectivity index (χ0n) is 20.3. The van der Waals surface area contributed by atoms with E-state index < -0.39 is 5.41 Å². The molecule has 164 valence electrons. The molecule has 0 saturated heterocycles. The van der Waals surface area contributed by atoms with Crippen molar-refractivity contribution in [2.24, 2.45) is 44.3 Å². The number of Topliss-reactive ketones (excluding diaryl/α,β-unsaturated/α-hetero) is 2. The van der Waals surface area contributed by atoms with Crippen LogP contribution in [-0.4, -0.2) is 11.6 Å². The largest absolute Gasteiger partial charge is 0.299 e. The molecule has 0 aromatic rings. The molecule has 0 aromatic heterocycles. The van der Waals surface area contributed by atoms with Gasteiger partial charge in [0.1, 0.15) is 5.78 Å². The summed E-state index contributed by atoms with van der Waals surface area (Å²) in [4.78, 5) is 26.2. The molecule has 2 nitrogen and oxygen atoms in total. The molecule has 0 spiro atoms. The second-order valence-corrected chi connectivity index (χ2v) is 13.6. The molecule has 29 heavy (non-hydrogen) atoms. The van der Waals surface area contributed by atoms with Crippen LogP contribution >= 0.6 is 0 Å². The first-order valence-corrected chi connectivity index (χ1v) is 12.2. The molecule has 2 heteroatoms. The molecule has 4 saturated carbocycles. The standard InChI is InChI=1S/C27H44O2/c1-18(28)24(5)10-9-19-25(6,21(24)29)14-16-27(8)20-17-22(2,3)11-12-23(20,4)13-15-26(19,27)7/h19-20H,9-17H2,1-8H3/t19-,20+,23+,24+,25+,26+,27-/m0/s1. The third-order valence-corrected chi connectivity index (χ3v) is 11.7. The Labute approximate surface area is 179 Å². The zero-order valence-corrected chi connectivity index (χ0v) is 20.3. The summed E-state index contributed by atoms with van der Waals surface area (Å²) in [6.07, 6.45) is 10.5. The predicted octanol–water partition coefficient (Wildman–Crippen LogP) is 7.00. The van der Waals surface area contributed by atoms with Crippen molar-refractivity contribution in [3.8, 4) is 0 Å². The molecule has 0 aliphatic heterocycles. The summed E-state index contributed by atoms with van der Waals surface area (Å²) in [6, 6.07) is 0. The van der Waals surface area contributed by atoms with Crippen molar-refractivity contribution < 1.29 is 9.59 Å². The van der Waals surface area contributed by atoms with Crippen molar-refractivity contribution >= 4 is 11.6 Å². The average molecular weight is 401 g/mol. The zero-order chi connectivity index (χ0) is 21.7. The highest BCUT2D eigenvalue weighted by Crippen LogP contribution is 2.75. The topological polar surface area (TPSA) is 34.1 Å². The number of ketones is 2. The molecule has 4 aliphatic carbocycles. The summed E-state index contributed by atoms with van der Waals surface area (Å²) in [5, 5.41) is 0. The molecule has 0 unspecified atom stereocenters. The molecule has 0 aromatic carbocycles. The molecule has 0 amide bonds. The lowest BCUT2D eigenvalue weighted by atomic mass is 9.32. The average Bonchev–Trinajstić information content (AvgIpc) is 2.63. The van der Waals surface area contributed by atoms with Crippen molar-refractivity contribution in [1.82, 2.24) is 0 Å². The molecule has 7 atom stereocenters. The van der Waals surface area contributed by atoms with Crippen LogP contribution in [0.15, 0.2) is 0 Å². The van der Waals surface area contributed by atoms with Crippen LogP contribution in [0.3, 0.4) is 0 Å². The fourth-order valence-electron chi connectivity index (χ4n) is 9.07. The second kappa shape index (κ2) is 5.98. The van der Waals surface area contributed by atoms with E-state index >= 15 is 0 Å². The maximum absolute atomic E-state index is 13.8. The Morgan fingerprint density at radius 1 is 0.759 bits per heavy atom. The molecular formula is C27H44O2. The van der Waals surface area contributed by atoms with Crippen molar-refractivity contribution in [3.05, 3.63) is 0 Å². The van der Waals surface area contributed by atoms with Crippen LogP contribution in [0.25, 0.3) is 0 Å². The summed E-state index contributed by atoms with van der Waals surface area (Å²) in [5.74, 6) is 1.50. The van der Waals surface area contributed by atoms with E-state index in [0.717, 1.165) is 31.6 Å². The Balaban J connectivity index is 1.76. The smallest absolute Gasteiger partial charge is 0.152 e. The van der Waals surface area contributed by atoms with Crippen molar-refractivity contribution in [2.75, 3.05) is 0 Å². The summed E-state index contributed by atoms with van der Waals surface area (Å²) in [6.45, 7) is 18.4. The number of fused-ring (bicyclic) bond motifs is 5. The van der Waals surface area contributed by atoms with Crippen LogP contribution in [0.1, 0.15) is 113 Å². The Bertz CT molecular complexity index is 752. The maximum Gasteiger partial charge on any atom is 0.152 e. The van der Waals surface area contributed by atoms with Crippen LogP contribution in [0.5, 0.6) is 0 Å². The number of hydrogen-bond donors (Lipinski definition) is 0. The van der Waals surface area contributed by atoms with E-state index in [1.807, 2.05) is 6.92 Å². The molecular weight excluding hydrogens is 356 g/mol. The van der Waals surface area contributed by atoms with Crippen LogP contribution in [0.2, 0.25) is 0 Å². The van der Waals surface area contributed by atoms with E-state index in [1.54, 1.807) is 6.92 Å². The third kappa shape index (κ3) is 2.59. The van der Waals surface area contributed by atoms with Gasteiger partial charge in [0, 0.05) is 5.41 Å². The van der Waals surface area contributed by atoms with Gasteiger partial charge in [-0.1, -0.05) is 41.5 Å². The van der Waals surface area contributed by atoms with E-state index in [9.17, 15) is 9.59 Å². The van der Waals surface area contributed by atoms with Crippen LogP contribution in [0, 0.1) is 44.3 Å². The Morgan fingerprint density at radius 3 is 1.93 bits per heavy atom. The predicted molar refractivity (Wildman–Crippen MR) is 119 cm³/mol. The summed E-state index contributed by atoms with van der Waals surface area (Å²) >= 11 is 0. The minimum absolute atomic E-state index is 0.0749. The number of carbonyl (C=O) groups excluding carboxylic acids is 2. The van der Waals surface area contributed by atoms with E-state index in [1.165, 1.54) is 32.1 Å². The maximum atomic E-state index is 13.8. The van der Waals surface area contributed by atoms with Gasteiger partial charge in [0.15, 0.2) is 5.78 Å². The fraction of sp³-hybridized carbons (Fsp3) is 0.926. The molecule has 0 heterocycles. The molecule has 0 radical (unpaired) electrons. The van der Waals surface area contributed by atoms with Gasteiger partial charge >= 0.3 is 0 Å². The van der Waals surface area contributed by atoms with Gasteiger partial charge in [-0.05, 0) is 105 Å². The highest BCUT2D eigenvalue weighted by molar-refractivity contribution is 6.08. The first-order valence-electron chi connectivity index (χ1n) is 12.2. The summed E-state index contributed by atoms with van der Waals surface area (Å²) < 4.78 is 0. The lowest BCUT2D eigenvalue weighted by Crippen LogP contribution is -2.67.